The maximum atomic E-state index is 6.18. The van der Waals surface area contributed by atoms with E-state index in [0.29, 0.717) is 6.10 Å². The highest BCUT2D eigenvalue weighted by molar-refractivity contribution is 9.10. The molecule has 2 fully saturated rings. The summed E-state index contributed by atoms with van der Waals surface area (Å²) in [6, 6.07) is 0. The summed E-state index contributed by atoms with van der Waals surface area (Å²) in [7, 11) is 1.70. The fourth-order valence-corrected chi connectivity index (χ4v) is 3.84. The molecular weight excluding hydrogens is 280 g/mol. The molecule has 94 valence electrons. The number of fused-ring (bicyclic) bond motifs is 2. The Balaban J connectivity index is 1.66. The van der Waals surface area contributed by atoms with Gasteiger partial charge in [-0.3, -0.25) is 0 Å². The largest absolute Gasteiger partial charge is 0.494 e. The topological polar surface area (TPSA) is 18.5 Å². The van der Waals surface area contributed by atoms with E-state index in [1.165, 1.54) is 25.7 Å². The van der Waals surface area contributed by atoms with Gasteiger partial charge in [-0.05, 0) is 59.5 Å². The first kappa shape index (κ1) is 11.8. The number of methoxy groups -OCH3 is 1. The van der Waals surface area contributed by atoms with Gasteiger partial charge in [-0.2, -0.15) is 0 Å². The summed E-state index contributed by atoms with van der Waals surface area (Å²) in [4.78, 5) is 0. The van der Waals surface area contributed by atoms with Gasteiger partial charge in [-0.1, -0.05) is 6.08 Å². The minimum atomic E-state index is -0.460. The lowest BCUT2D eigenvalue weighted by Crippen LogP contribution is -2.24. The molecule has 0 amide bonds. The SMILES string of the molecule is COC1(Br)C=CCC(OC2CC3CCC2C3)=C1. The summed E-state index contributed by atoms with van der Waals surface area (Å²) in [6.07, 6.45) is 13.0. The highest BCUT2D eigenvalue weighted by Crippen LogP contribution is 2.47. The number of hydrogen-bond donors (Lipinski definition) is 0. The minimum absolute atomic E-state index is 0.458. The van der Waals surface area contributed by atoms with Gasteiger partial charge in [-0.15, -0.1) is 0 Å². The quantitative estimate of drug-likeness (QED) is 0.583. The Hall–Kier alpha value is -0.280. The zero-order valence-electron chi connectivity index (χ0n) is 10.2. The van der Waals surface area contributed by atoms with E-state index in [1.54, 1.807) is 7.11 Å². The number of hydrogen-bond acceptors (Lipinski definition) is 2. The number of alkyl halides is 1. The molecule has 4 unspecified atom stereocenters. The number of ether oxygens (including phenoxy) is 2. The van der Waals surface area contributed by atoms with Crippen LogP contribution in [0, 0.1) is 11.8 Å². The third-order valence-corrected chi connectivity index (χ3v) is 5.13. The lowest BCUT2D eigenvalue weighted by atomic mass is 9.97. The summed E-state index contributed by atoms with van der Waals surface area (Å²) >= 11 is 3.56. The Bertz CT molecular complexity index is 363. The Kier molecular flexibility index (Phi) is 3.07. The number of allylic oxidation sites excluding steroid dienone is 1. The maximum Gasteiger partial charge on any atom is 0.163 e. The molecule has 3 aliphatic rings. The zero-order valence-corrected chi connectivity index (χ0v) is 11.8. The van der Waals surface area contributed by atoms with Crippen molar-refractivity contribution in [2.24, 2.45) is 11.8 Å². The van der Waals surface area contributed by atoms with Crippen molar-refractivity contribution in [3.05, 3.63) is 24.0 Å². The molecule has 0 heterocycles. The van der Waals surface area contributed by atoms with Crippen LogP contribution in [0.1, 0.15) is 32.1 Å². The second-order valence-electron chi connectivity index (χ2n) is 5.45. The number of halogens is 1. The van der Waals surface area contributed by atoms with Crippen LogP contribution in [-0.4, -0.2) is 17.7 Å². The van der Waals surface area contributed by atoms with Gasteiger partial charge in [0.05, 0.1) is 0 Å². The molecule has 0 aromatic heterocycles. The molecule has 0 aliphatic heterocycles. The molecule has 3 rings (SSSR count). The molecule has 0 N–H and O–H groups in total. The van der Waals surface area contributed by atoms with E-state index < -0.39 is 4.51 Å². The Morgan fingerprint density at radius 3 is 2.88 bits per heavy atom. The predicted molar refractivity (Wildman–Crippen MR) is 70.8 cm³/mol. The van der Waals surface area contributed by atoms with Crippen LogP contribution < -0.4 is 0 Å². The van der Waals surface area contributed by atoms with Crippen LogP contribution in [0.2, 0.25) is 0 Å². The van der Waals surface area contributed by atoms with Gasteiger partial charge in [0.2, 0.25) is 0 Å². The van der Waals surface area contributed by atoms with E-state index in [9.17, 15) is 0 Å². The van der Waals surface area contributed by atoms with E-state index in [0.717, 1.165) is 24.0 Å². The summed E-state index contributed by atoms with van der Waals surface area (Å²) < 4.78 is 11.1. The van der Waals surface area contributed by atoms with E-state index >= 15 is 0 Å². The molecule has 4 atom stereocenters. The third-order valence-electron chi connectivity index (χ3n) is 4.31. The van der Waals surface area contributed by atoms with Crippen LogP contribution in [0.4, 0.5) is 0 Å². The first-order valence-corrected chi connectivity index (χ1v) is 7.28. The van der Waals surface area contributed by atoms with Gasteiger partial charge in [0.25, 0.3) is 0 Å². The Morgan fingerprint density at radius 2 is 2.24 bits per heavy atom. The molecule has 2 saturated carbocycles. The van der Waals surface area contributed by atoms with Gasteiger partial charge in [0, 0.05) is 19.6 Å². The highest BCUT2D eigenvalue weighted by atomic mass is 79.9. The molecular formula is C14H19BrO2. The average Bonchev–Trinajstić information content (AvgIpc) is 2.91. The molecule has 17 heavy (non-hydrogen) atoms. The number of rotatable bonds is 3. The normalized spacial score (nSPS) is 43.9. The van der Waals surface area contributed by atoms with Crippen molar-refractivity contribution in [2.45, 2.75) is 42.7 Å². The minimum Gasteiger partial charge on any atom is -0.494 e. The Labute approximate surface area is 111 Å². The standard InChI is InChI=1S/C14H19BrO2/c1-16-14(15)6-2-3-12(9-14)17-13-8-10-4-5-11(13)7-10/h2,6,9-11,13H,3-5,7-8H2,1H3. The van der Waals surface area contributed by atoms with Crippen molar-refractivity contribution >= 4 is 15.9 Å². The lowest BCUT2D eigenvalue weighted by molar-refractivity contribution is 0.0591. The average molecular weight is 299 g/mol. The van der Waals surface area contributed by atoms with Crippen LogP contribution in [-0.2, 0) is 9.47 Å². The van der Waals surface area contributed by atoms with E-state index in [2.05, 4.69) is 28.1 Å². The zero-order chi connectivity index (χ0) is 11.9. The Morgan fingerprint density at radius 1 is 1.35 bits per heavy atom. The predicted octanol–water partition coefficient (Wildman–Crippen LogP) is 3.77. The fraction of sp³-hybridized carbons (Fsp3) is 0.714. The molecule has 3 aliphatic carbocycles. The van der Waals surface area contributed by atoms with Gasteiger partial charge in [0.1, 0.15) is 11.9 Å². The molecule has 0 radical (unpaired) electrons. The molecule has 0 saturated heterocycles. The second-order valence-corrected chi connectivity index (χ2v) is 6.69. The van der Waals surface area contributed by atoms with Crippen LogP contribution in [0.15, 0.2) is 24.0 Å². The van der Waals surface area contributed by atoms with Crippen molar-refractivity contribution < 1.29 is 9.47 Å². The van der Waals surface area contributed by atoms with Gasteiger partial charge >= 0.3 is 0 Å². The molecule has 0 aromatic carbocycles. The summed E-state index contributed by atoms with van der Waals surface area (Å²) in [5.74, 6) is 2.80. The van der Waals surface area contributed by atoms with Gasteiger partial charge in [-0.25, -0.2) is 0 Å². The molecule has 0 spiro atoms. The smallest absolute Gasteiger partial charge is 0.163 e. The first-order chi connectivity index (χ1) is 8.18. The van der Waals surface area contributed by atoms with Crippen LogP contribution in [0.25, 0.3) is 0 Å². The van der Waals surface area contributed by atoms with Crippen molar-refractivity contribution in [3.8, 4) is 0 Å². The van der Waals surface area contributed by atoms with Crippen LogP contribution >= 0.6 is 15.9 Å². The second kappa shape index (κ2) is 4.43. The molecule has 2 bridgehead atoms. The first-order valence-electron chi connectivity index (χ1n) is 6.49. The summed E-state index contributed by atoms with van der Waals surface area (Å²) in [5.41, 5.74) is 0. The maximum absolute atomic E-state index is 6.18. The lowest BCUT2D eigenvalue weighted by Gasteiger charge is -2.28. The van der Waals surface area contributed by atoms with Crippen molar-refractivity contribution in [1.82, 2.24) is 0 Å². The van der Waals surface area contributed by atoms with Crippen LogP contribution in [0.3, 0.4) is 0 Å². The van der Waals surface area contributed by atoms with Crippen molar-refractivity contribution in [3.63, 3.8) is 0 Å². The molecule has 3 heteroatoms. The molecule has 0 aromatic rings. The summed E-state index contributed by atoms with van der Waals surface area (Å²) in [6.45, 7) is 0. The van der Waals surface area contributed by atoms with Crippen molar-refractivity contribution in [2.75, 3.05) is 7.11 Å². The van der Waals surface area contributed by atoms with Gasteiger partial charge in [0.15, 0.2) is 4.51 Å². The molecule has 2 nitrogen and oxygen atoms in total. The third kappa shape index (κ3) is 2.32. The highest BCUT2D eigenvalue weighted by Gasteiger charge is 2.41. The van der Waals surface area contributed by atoms with Crippen molar-refractivity contribution in [1.29, 1.82) is 0 Å². The van der Waals surface area contributed by atoms with Crippen LogP contribution in [0.5, 0.6) is 0 Å². The van der Waals surface area contributed by atoms with E-state index in [4.69, 9.17) is 9.47 Å². The summed E-state index contributed by atoms with van der Waals surface area (Å²) in [5, 5.41) is 0. The van der Waals surface area contributed by atoms with E-state index in [1.807, 2.05) is 6.08 Å². The fourth-order valence-electron chi connectivity index (χ4n) is 3.40. The monoisotopic (exact) mass is 298 g/mol. The van der Waals surface area contributed by atoms with Gasteiger partial charge < -0.3 is 9.47 Å². The van der Waals surface area contributed by atoms with E-state index in [-0.39, 0.29) is 0 Å².